The van der Waals surface area contributed by atoms with Gasteiger partial charge in [-0.1, -0.05) is 22.0 Å². The highest BCUT2D eigenvalue weighted by atomic mass is 79.9. The molecule has 2 bridgehead atoms. The van der Waals surface area contributed by atoms with Crippen LogP contribution in [0, 0.1) is 0 Å². The van der Waals surface area contributed by atoms with Crippen molar-refractivity contribution in [2.45, 2.75) is 25.8 Å². The van der Waals surface area contributed by atoms with Crippen LogP contribution in [0.3, 0.4) is 0 Å². The second kappa shape index (κ2) is 7.92. The summed E-state index contributed by atoms with van der Waals surface area (Å²) in [5.41, 5.74) is 1.21. The molecule has 1 aliphatic heterocycles. The summed E-state index contributed by atoms with van der Waals surface area (Å²) in [5.74, 6) is 1.61. The summed E-state index contributed by atoms with van der Waals surface area (Å²) in [7, 11) is 0. The van der Waals surface area contributed by atoms with Gasteiger partial charge >= 0.3 is 0 Å². The lowest BCUT2D eigenvalue weighted by Crippen LogP contribution is -2.15. The molecule has 6 nitrogen and oxygen atoms in total. The van der Waals surface area contributed by atoms with Crippen LogP contribution in [0.1, 0.15) is 29.6 Å². The van der Waals surface area contributed by atoms with Crippen LogP contribution in [0.25, 0.3) is 11.5 Å². The van der Waals surface area contributed by atoms with Gasteiger partial charge in [-0.2, -0.15) is 0 Å². The molecule has 1 amide bonds. The van der Waals surface area contributed by atoms with Crippen LogP contribution in [-0.2, 0) is 6.54 Å². The zero-order valence-electron chi connectivity index (χ0n) is 14.7. The van der Waals surface area contributed by atoms with Crippen LogP contribution in [0.2, 0.25) is 0 Å². The lowest BCUT2D eigenvalue weighted by molar-refractivity contribution is 0.102. The molecule has 7 heteroatoms. The number of anilines is 1. The zero-order valence-corrected chi connectivity index (χ0v) is 16.3. The van der Waals surface area contributed by atoms with Gasteiger partial charge in [-0.3, -0.25) is 4.79 Å². The van der Waals surface area contributed by atoms with Gasteiger partial charge < -0.3 is 14.6 Å². The first-order valence-corrected chi connectivity index (χ1v) is 9.72. The summed E-state index contributed by atoms with van der Waals surface area (Å²) in [6.07, 6.45) is 6.72. The number of nitrogens with zero attached hydrogens (tertiary/aromatic N) is 3. The number of pyridine rings is 1. The molecule has 4 rings (SSSR count). The number of hydrogen-bond acceptors (Lipinski definition) is 4. The van der Waals surface area contributed by atoms with Crippen molar-refractivity contribution >= 4 is 27.7 Å². The highest BCUT2D eigenvalue weighted by Crippen LogP contribution is 2.25. The van der Waals surface area contributed by atoms with Gasteiger partial charge in [-0.05, 0) is 49.6 Å². The standard InChI is InChI=1S/C20H19BrN4O2/c21-14-7-8-17-15(13-14)20(26)24-18-6-4-5-16(23-18)19-22-9-11-25(19)10-2-1-3-12-27-17/h4-9,11,13H,1-3,10,12H2,(H,23,24,26). The fourth-order valence-corrected chi connectivity index (χ4v) is 3.45. The van der Waals surface area contributed by atoms with Gasteiger partial charge in [0.1, 0.15) is 17.3 Å². The molecular weight excluding hydrogens is 408 g/mol. The first kappa shape index (κ1) is 17.7. The van der Waals surface area contributed by atoms with Crippen LogP contribution in [0.15, 0.2) is 53.3 Å². The van der Waals surface area contributed by atoms with Gasteiger partial charge in [-0.15, -0.1) is 0 Å². The van der Waals surface area contributed by atoms with Crippen molar-refractivity contribution in [2.24, 2.45) is 0 Å². The molecule has 1 aromatic carbocycles. The van der Waals surface area contributed by atoms with E-state index in [9.17, 15) is 4.79 Å². The van der Waals surface area contributed by atoms with Gasteiger partial charge in [0.05, 0.1) is 12.2 Å². The summed E-state index contributed by atoms with van der Waals surface area (Å²) in [4.78, 5) is 21.8. The number of benzene rings is 1. The number of fused-ring (bicyclic) bond motifs is 5. The molecule has 138 valence electrons. The molecule has 0 atom stereocenters. The minimum Gasteiger partial charge on any atom is -0.493 e. The third-order valence-corrected chi connectivity index (χ3v) is 4.92. The van der Waals surface area contributed by atoms with E-state index in [2.05, 4.69) is 35.8 Å². The molecule has 0 radical (unpaired) electrons. The molecule has 0 aliphatic carbocycles. The molecule has 0 fully saturated rings. The Morgan fingerprint density at radius 2 is 2.07 bits per heavy atom. The number of carbonyl (C=O) groups excluding carboxylic acids is 1. The van der Waals surface area contributed by atoms with Gasteiger partial charge in [0.2, 0.25) is 0 Å². The Labute approximate surface area is 165 Å². The van der Waals surface area contributed by atoms with E-state index in [4.69, 9.17) is 4.74 Å². The number of rotatable bonds is 0. The van der Waals surface area contributed by atoms with E-state index in [1.54, 1.807) is 18.3 Å². The maximum Gasteiger partial charge on any atom is 0.260 e. The summed E-state index contributed by atoms with van der Waals surface area (Å²) in [6, 6.07) is 11.0. The van der Waals surface area contributed by atoms with Crippen LogP contribution >= 0.6 is 15.9 Å². The van der Waals surface area contributed by atoms with E-state index < -0.39 is 0 Å². The van der Waals surface area contributed by atoms with Crippen molar-refractivity contribution in [3.8, 4) is 17.3 Å². The zero-order chi connectivity index (χ0) is 18.6. The lowest BCUT2D eigenvalue weighted by Gasteiger charge is -2.12. The van der Waals surface area contributed by atoms with E-state index in [0.717, 1.165) is 41.8 Å². The fourth-order valence-electron chi connectivity index (χ4n) is 3.08. The van der Waals surface area contributed by atoms with Crippen molar-refractivity contribution < 1.29 is 9.53 Å². The Morgan fingerprint density at radius 3 is 3.00 bits per heavy atom. The van der Waals surface area contributed by atoms with E-state index >= 15 is 0 Å². The van der Waals surface area contributed by atoms with Crippen molar-refractivity contribution in [3.63, 3.8) is 0 Å². The Hall–Kier alpha value is -2.67. The van der Waals surface area contributed by atoms with Crippen molar-refractivity contribution in [3.05, 3.63) is 58.8 Å². The normalized spacial score (nSPS) is 14.8. The number of carbonyl (C=O) groups is 1. The van der Waals surface area contributed by atoms with E-state index in [0.29, 0.717) is 23.7 Å². The smallest absolute Gasteiger partial charge is 0.260 e. The fraction of sp³-hybridized carbons (Fsp3) is 0.250. The van der Waals surface area contributed by atoms with E-state index in [-0.39, 0.29) is 5.91 Å². The molecular formula is C20H19BrN4O2. The van der Waals surface area contributed by atoms with E-state index in [1.165, 1.54) is 0 Å². The summed E-state index contributed by atoms with van der Waals surface area (Å²) in [6.45, 7) is 1.45. The molecule has 1 aliphatic rings. The third-order valence-electron chi connectivity index (χ3n) is 4.42. The molecule has 0 saturated carbocycles. The SMILES string of the molecule is O=C1Nc2cccc(n2)-c2nccn2CCCCCOc2ccc(Br)cc21. The van der Waals surface area contributed by atoms with Crippen LogP contribution < -0.4 is 10.1 Å². The molecule has 3 aromatic rings. The average Bonchev–Trinajstić information content (AvgIpc) is 3.13. The predicted molar refractivity (Wildman–Crippen MR) is 107 cm³/mol. The second-order valence-corrected chi connectivity index (χ2v) is 7.27. The highest BCUT2D eigenvalue weighted by molar-refractivity contribution is 9.10. The first-order valence-electron chi connectivity index (χ1n) is 8.93. The quantitative estimate of drug-likeness (QED) is 0.573. The molecule has 0 spiro atoms. The van der Waals surface area contributed by atoms with Crippen molar-refractivity contribution in [1.29, 1.82) is 0 Å². The van der Waals surface area contributed by atoms with E-state index in [1.807, 2.05) is 30.5 Å². The van der Waals surface area contributed by atoms with Crippen LogP contribution in [0.5, 0.6) is 5.75 Å². The largest absolute Gasteiger partial charge is 0.493 e. The lowest BCUT2D eigenvalue weighted by atomic mass is 10.2. The van der Waals surface area contributed by atoms with Crippen molar-refractivity contribution in [1.82, 2.24) is 14.5 Å². The maximum absolute atomic E-state index is 12.8. The number of ether oxygens (including phenoxy) is 1. The van der Waals surface area contributed by atoms with Gasteiger partial charge in [-0.25, -0.2) is 9.97 Å². The van der Waals surface area contributed by atoms with Gasteiger partial charge in [0.25, 0.3) is 5.91 Å². The highest BCUT2D eigenvalue weighted by Gasteiger charge is 2.16. The number of nitrogens with one attached hydrogen (secondary N) is 1. The average molecular weight is 427 g/mol. The topological polar surface area (TPSA) is 69.0 Å². The Bertz CT molecular complexity index is 970. The Morgan fingerprint density at radius 1 is 1.15 bits per heavy atom. The van der Waals surface area contributed by atoms with Crippen LogP contribution in [-0.4, -0.2) is 27.0 Å². The summed E-state index contributed by atoms with van der Waals surface area (Å²) in [5, 5.41) is 2.87. The molecule has 1 N–H and O–H groups in total. The summed E-state index contributed by atoms with van der Waals surface area (Å²) < 4.78 is 8.80. The van der Waals surface area contributed by atoms with Gasteiger partial charge in [0.15, 0.2) is 5.82 Å². The molecule has 3 heterocycles. The number of halogens is 1. The minimum atomic E-state index is -0.255. The monoisotopic (exact) mass is 426 g/mol. The molecule has 27 heavy (non-hydrogen) atoms. The first-order chi connectivity index (χ1) is 13.2. The Balaban J connectivity index is 1.72. The second-order valence-electron chi connectivity index (χ2n) is 6.36. The maximum atomic E-state index is 12.8. The number of aromatic nitrogens is 3. The number of amides is 1. The Kier molecular flexibility index (Phi) is 5.20. The molecule has 0 saturated heterocycles. The summed E-state index contributed by atoms with van der Waals surface area (Å²) >= 11 is 3.43. The minimum absolute atomic E-state index is 0.255. The van der Waals surface area contributed by atoms with Crippen LogP contribution in [0.4, 0.5) is 5.82 Å². The predicted octanol–water partition coefficient (Wildman–Crippen LogP) is 4.52. The number of imidazole rings is 1. The van der Waals surface area contributed by atoms with Gasteiger partial charge in [0, 0.05) is 23.4 Å². The van der Waals surface area contributed by atoms with Crippen molar-refractivity contribution in [2.75, 3.05) is 11.9 Å². The number of hydrogen-bond donors (Lipinski definition) is 1. The number of aryl methyl sites for hydroxylation is 1. The third kappa shape index (κ3) is 4.03. The molecule has 2 aromatic heterocycles. The molecule has 0 unspecified atom stereocenters.